The van der Waals surface area contributed by atoms with Crippen molar-refractivity contribution in [2.24, 2.45) is 11.8 Å². The third kappa shape index (κ3) is 8.16. The average Bonchev–Trinajstić information content (AvgIpc) is 2.31. The second-order valence-electron chi connectivity index (χ2n) is 5.92. The highest BCUT2D eigenvalue weighted by Crippen LogP contribution is 2.30. The molecule has 1 rings (SSSR count). The van der Waals surface area contributed by atoms with Gasteiger partial charge in [-0.2, -0.15) is 0 Å². The van der Waals surface area contributed by atoms with Gasteiger partial charge < -0.3 is 4.74 Å². The second kappa shape index (κ2) is 8.48. The summed E-state index contributed by atoms with van der Waals surface area (Å²) in [6.45, 7) is 5.44. The van der Waals surface area contributed by atoms with Crippen molar-refractivity contribution in [3.05, 3.63) is 0 Å². The molecule has 1 saturated carbocycles. The van der Waals surface area contributed by atoms with Crippen LogP contribution in [0.3, 0.4) is 0 Å². The number of ether oxygens (including phenoxy) is 1. The number of unbranched alkanes of at least 4 members (excludes halogenated alkanes) is 3. The van der Waals surface area contributed by atoms with Gasteiger partial charge in [0.15, 0.2) is 0 Å². The summed E-state index contributed by atoms with van der Waals surface area (Å²) in [7, 11) is 1.84. The fraction of sp³-hybridized carbons (Fsp3) is 1.00. The zero-order valence-corrected chi connectivity index (χ0v) is 13.7. The van der Waals surface area contributed by atoms with Crippen LogP contribution in [0.4, 0.5) is 0 Å². The molecule has 0 N–H and O–H groups in total. The lowest BCUT2D eigenvalue weighted by Gasteiger charge is -2.31. The van der Waals surface area contributed by atoms with E-state index >= 15 is 0 Å². The Kier molecular flexibility index (Phi) is 7.70. The van der Waals surface area contributed by atoms with Gasteiger partial charge in [-0.25, -0.2) is 8.42 Å². The lowest BCUT2D eigenvalue weighted by molar-refractivity contribution is 0.00103. The lowest BCUT2D eigenvalue weighted by Crippen LogP contribution is -2.26. The summed E-state index contributed by atoms with van der Waals surface area (Å²) in [5, 5.41) is 0. The number of hydrogen-bond acceptors (Lipinski definition) is 3. The standard InChI is InChI=1S/C14H27ClO3S/c1-12-7-8-14(11-13(12)2)18-9-5-3-4-6-10-19(15,16)17/h12-14H,3-11H2,1-2H3. The third-order valence-electron chi connectivity index (χ3n) is 4.19. The number of rotatable bonds is 8. The minimum atomic E-state index is -3.30. The predicted octanol–water partition coefficient (Wildman–Crippen LogP) is 3.96. The van der Waals surface area contributed by atoms with E-state index in [1.807, 2.05) is 0 Å². The van der Waals surface area contributed by atoms with Crippen LogP contribution in [0, 0.1) is 11.8 Å². The molecule has 0 aromatic carbocycles. The Balaban J connectivity index is 1.97. The van der Waals surface area contributed by atoms with E-state index in [0.717, 1.165) is 37.7 Å². The van der Waals surface area contributed by atoms with E-state index in [1.54, 1.807) is 0 Å². The van der Waals surface area contributed by atoms with Crippen LogP contribution in [0.2, 0.25) is 0 Å². The molecule has 3 atom stereocenters. The van der Waals surface area contributed by atoms with E-state index in [1.165, 1.54) is 19.3 Å². The van der Waals surface area contributed by atoms with Gasteiger partial charge in [0, 0.05) is 17.3 Å². The molecule has 19 heavy (non-hydrogen) atoms. The maximum Gasteiger partial charge on any atom is 0.232 e. The van der Waals surface area contributed by atoms with Crippen molar-refractivity contribution in [3.8, 4) is 0 Å². The van der Waals surface area contributed by atoms with E-state index < -0.39 is 9.05 Å². The van der Waals surface area contributed by atoms with Crippen LogP contribution >= 0.6 is 10.7 Å². The minimum Gasteiger partial charge on any atom is -0.378 e. The van der Waals surface area contributed by atoms with E-state index in [9.17, 15) is 8.42 Å². The SMILES string of the molecule is CC1CCC(OCCCCCCS(=O)(=O)Cl)CC1C. The Morgan fingerprint density at radius 3 is 2.37 bits per heavy atom. The van der Waals surface area contributed by atoms with Crippen LogP contribution in [0.15, 0.2) is 0 Å². The van der Waals surface area contributed by atoms with Crippen LogP contribution in [0.25, 0.3) is 0 Å². The van der Waals surface area contributed by atoms with E-state index in [0.29, 0.717) is 12.5 Å². The fourth-order valence-corrected chi connectivity index (χ4v) is 3.51. The first-order valence-corrected chi connectivity index (χ1v) is 9.90. The Morgan fingerprint density at radius 2 is 1.74 bits per heavy atom. The van der Waals surface area contributed by atoms with E-state index in [-0.39, 0.29) is 5.75 Å². The van der Waals surface area contributed by atoms with E-state index in [2.05, 4.69) is 13.8 Å². The van der Waals surface area contributed by atoms with Crippen molar-refractivity contribution in [3.63, 3.8) is 0 Å². The quantitative estimate of drug-likeness (QED) is 0.503. The maximum atomic E-state index is 10.7. The fourth-order valence-electron chi connectivity index (χ4n) is 2.63. The summed E-state index contributed by atoms with van der Waals surface area (Å²) in [6.07, 6.45) is 7.70. The molecule has 0 radical (unpaired) electrons. The summed E-state index contributed by atoms with van der Waals surface area (Å²) in [5.41, 5.74) is 0. The molecule has 1 aliphatic carbocycles. The molecule has 1 aliphatic rings. The monoisotopic (exact) mass is 310 g/mol. The van der Waals surface area contributed by atoms with Crippen LogP contribution in [-0.4, -0.2) is 26.9 Å². The van der Waals surface area contributed by atoms with Gasteiger partial charge in [0.1, 0.15) is 0 Å². The third-order valence-corrected chi connectivity index (χ3v) is 5.43. The highest BCUT2D eigenvalue weighted by atomic mass is 35.7. The summed E-state index contributed by atoms with van der Waals surface area (Å²) in [4.78, 5) is 0. The minimum absolute atomic E-state index is 0.0907. The molecule has 3 nitrogen and oxygen atoms in total. The van der Waals surface area contributed by atoms with Gasteiger partial charge in [-0.1, -0.05) is 26.7 Å². The molecule has 0 saturated heterocycles. The second-order valence-corrected chi connectivity index (χ2v) is 8.81. The summed E-state index contributed by atoms with van der Waals surface area (Å²) < 4.78 is 27.4. The Labute approximate surface area is 122 Å². The molecular formula is C14H27ClO3S. The zero-order valence-electron chi connectivity index (χ0n) is 12.1. The molecule has 3 unspecified atom stereocenters. The molecule has 0 bridgehead atoms. The number of hydrogen-bond donors (Lipinski definition) is 0. The van der Waals surface area contributed by atoms with Crippen LogP contribution in [0.5, 0.6) is 0 Å². The van der Waals surface area contributed by atoms with Crippen LogP contribution < -0.4 is 0 Å². The van der Waals surface area contributed by atoms with Gasteiger partial charge in [-0.3, -0.25) is 0 Å². The van der Waals surface area contributed by atoms with Gasteiger partial charge in [0.05, 0.1) is 11.9 Å². The largest absolute Gasteiger partial charge is 0.378 e. The first-order valence-electron chi connectivity index (χ1n) is 7.42. The summed E-state index contributed by atoms with van der Waals surface area (Å²) >= 11 is 0. The number of halogens is 1. The Hall–Kier alpha value is 0.200. The van der Waals surface area contributed by atoms with Crippen molar-refractivity contribution >= 4 is 19.7 Å². The molecule has 0 spiro atoms. The van der Waals surface area contributed by atoms with Gasteiger partial charge in [0.2, 0.25) is 9.05 Å². The molecular weight excluding hydrogens is 284 g/mol. The Bertz CT molecular complexity index is 343. The average molecular weight is 311 g/mol. The Morgan fingerprint density at radius 1 is 1.05 bits per heavy atom. The molecule has 114 valence electrons. The van der Waals surface area contributed by atoms with Crippen molar-refractivity contribution in [1.82, 2.24) is 0 Å². The molecule has 0 heterocycles. The first kappa shape index (κ1) is 17.3. The summed E-state index contributed by atoms with van der Waals surface area (Å²) in [6, 6.07) is 0. The lowest BCUT2D eigenvalue weighted by atomic mass is 9.80. The molecule has 0 aromatic rings. The maximum absolute atomic E-state index is 10.7. The van der Waals surface area contributed by atoms with Gasteiger partial charge in [-0.15, -0.1) is 0 Å². The van der Waals surface area contributed by atoms with E-state index in [4.69, 9.17) is 15.4 Å². The first-order chi connectivity index (χ1) is 8.88. The van der Waals surface area contributed by atoms with Crippen molar-refractivity contribution in [2.75, 3.05) is 12.4 Å². The molecule has 5 heteroatoms. The van der Waals surface area contributed by atoms with Crippen molar-refractivity contribution in [2.45, 2.75) is 64.9 Å². The molecule has 0 aliphatic heterocycles. The van der Waals surface area contributed by atoms with Crippen molar-refractivity contribution in [1.29, 1.82) is 0 Å². The normalized spacial score (nSPS) is 28.5. The van der Waals surface area contributed by atoms with Crippen molar-refractivity contribution < 1.29 is 13.2 Å². The molecule has 0 amide bonds. The highest BCUT2D eigenvalue weighted by Gasteiger charge is 2.24. The van der Waals surface area contributed by atoms with Crippen LogP contribution in [0.1, 0.15) is 58.8 Å². The zero-order chi connectivity index (χ0) is 14.3. The smallest absolute Gasteiger partial charge is 0.232 e. The van der Waals surface area contributed by atoms with Crippen LogP contribution in [-0.2, 0) is 13.8 Å². The van der Waals surface area contributed by atoms with Gasteiger partial charge in [-0.05, 0) is 43.9 Å². The predicted molar refractivity (Wildman–Crippen MR) is 80.0 cm³/mol. The molecule has 1 fully saturated rings. The molecule has 0 aromatic heterocycles. The summed E-state index contributed by atoms with van der Waals surface area (Å²) in [5.74, 6) is 1.69. The van der Waals surface area contributed by atoms with Gasteiger partial charge in [0.25, 0.3) is 0 Å². The highest BCUT2D eigenvalue weighted by molar-refractivity contribution is 8.13. The topological polar surface area (TPSA) is 43.4 Å². The van der Waals surface area contributed by atoms with Gasteiger partial charge >= 0.3 is 0 Å².